The summed E-state index contributed by atoms with van der Waals surface area (Å²) in [6, 6.07) is 31.9. The molecule has 4 heteroatoms. The molecule has 0 unspecified atom stereocenters. The molecule has 0 heterocycles. The van der Waals surface area contributed by atoms with Crippen molar-refractivity contribution < 1.29 is 0 Å². The Bertz CT molecular complexity index is 3790. The lowest BCUT2D eigenvalue weighted by molar-refractivity contribution is 0.568. The van der Waals surface area contributed by atoms with Gasteiger partial charge in [-0.2, -0.15) is 0 Å². The zero-order chi connectivity index (χ0) is 68.7. The van der Waals surface area contributed by atoms with Crippen LogP contribution in [0.5, 0.6) is 0 Å². The summed E-state index contributed by atoms with van der Waals surface area (Å²) < 4.78 is 1.04. The Hall–Kier alpha value is -5.60. The van der Waals surface area contributed by atoms with Crippen molar-refractivity contribution in [1.82, 2.24) is 0 Å². The van der Waals surface area contributed by atoms with Crippen molar-refractivity contribution in [2.24, 2.45) is 0 Å². The summed E-state index contributed by atoms with van der Waals surface area (Å²) in [6.45, 7) is 70.4. The van der Waals surface area contributed by atoms with Gasteiger partial charge >= 0.3 is 0 Å². The van der Waals surface area contributed by atoms with Crippen molar-refractivity contribution in [2.75, 3.05) is 0 Å². The molecule has 0 spiro atoms. The lowest BCUT2D eigenvalue weighted by Gasteiger charge is -2.38. The van der Waals surface area contributed by atoms with Crippen LogP contribution in [0.15, 0.2) is 84.9 Å². The van der Waals surface area contributed by atoms with Gasteiger partial charge in [-0.15, -0.1) is 16.6 Å². The van der Waals surface area contributed by atoms with Gasteiger partial charge < -0.3 is 0 Å². The fraction of sp³-hybridized carbons (Fsp3) is 0.494. The Morgan fingerprint density at radius 1 is 0.253 bits per heavy atom. The van der Waals surface area contributed by atoms with Crippen LogP contribution in [0, 0.1) is 85.3 Å². The van der Waals surface area contributed by atoms with E-state index in [0.29, 0.717) is 49.9 Å². The molecule has 0 aromatic heterocycles. The van der Waals surface area contributed by atoms with E-state index in [4.69, 9.17) is 0 Å². The van der Waals surface area contributed by atoms with E-state index in [1.54, 1.807) is 0 Å². The summed E-state index contributed by atoms with van der Waals surface area (Å²) in [4.78, 5) is 0. The zero-order valence-electron chi connectivity index (χ0n) is 62.2. The van der Waals surface area contributed by atoms with Crippen LogP contribution >= 0.6 is 22.6 Å². The van der Waals surface area contributed by atoms with E-state index in [1.807, 2.05) is 0 Å². The van der Waals surface area contributed by atoms with E-state index in [2.05, 4.69) is 397 Å². The van der Waals surface area contributed by atoms with Gasteiger partial charge in [0.2, 0.25) is 0 Å². The maximum absolute atomic E-state index is 4.04. The summed E-state index contributed by atoms with van der Waals surface area (Å²) in [5, 5.41) is 0. The van der Waals surface area contributed by atoms with E-state index in [9.17, 15) is 0 Å². The summed E-state index contributed by atoms with van der Waals surface area (Å²) in [6.07, 6.45) is 0. The molecule has 0 saturated carbocycles. The molecule has 0 aliphatic carbocycles. The third-order valence-electron chi connectivity index (χ3n) is 19.9. The molecular weight excluding hydrogens is 1260 g/mol. The van der Waals surface area contributed by atoms with Crippen molar-refractivity contribution in [3.8, 4) is 104 Å². The normalized spacial score (nSPS) is 12.4. The fourth-order valence-electron chi connectivity index (χ4n) is 14.3. The Labute approximate surface area is 575 Å². The van der Waals surface area contributed by atoms with Gasteiger partial charge in [-0.05, 0) is 199 Å². The minimum atomic E-state index is -2.10. The van der Waals surface area contributed by atoms with Crippen LogP contribution < -0.4 is 0 Å². The van der Waals surface area contributed by atoms with Crippen LogP contribution in [-0.4, -0.2) is 24.2 Å². The number of benzene rings is 5. The van der Waals surface area contributed by atoms with Crippen molar-refractivity contribution in [1.29, 1.82) is 0 Å². The van der Waals surface area contributed by atoms with E-state index >= 15 is 0 Å². The van der Waals surface area contributed by atoms with Crippen LogP contribution in [0.1, 0.15) is 269 Å². The predicted molar refractivity (Wildman–Crippen MR) is 419 cm³/mol. The van der Waals surface area contributed by atoms with Gasteiger partial charge in [0.1, 0.15) is 24.2 Å². The Balaban J connectivity index is 1.81. The van der Waals surface area contributed by atoms with Crippen molar-refractivity contribution in [3.63, 3.8) is 0 Å². The molecule has 0 saturated heterocycles. The van der Waals surface area contributed by atoms with Crippen molar-refractivity contribution in [2.45, 2.75) is 279 Å². The molecule has 0 aliphatic heterocycles. The quantitative estimate of drug-likeness (QED) is 0.0702. The molecule has 0 N–H and O–H groups in total. The second-order valence-corrected chi connectivity index (χ2v) is 50.8. The lowest BCUT2D eigenvalue weighted by Crippen LogP contribution is -2.43. The molecule has 0 atom stereocenters. The fourth-order valence-corrected chi connectivity index (χ4v) is 30.5. The molecule has 0 aliphatic rings. The summed E-state index contributed by atoms with van der Waals surface area (Å²) in [5.41, 5.74) is 32.7. The van der Waals surface area contributed by atoms with Gasteiger partial charge in [-0.25, -0.2) is 0 Å². The Morgan fingerprint density at radius 2 is 0.484 bits per heavy atom. The van der Waals surface area contributed by atoms with Gasteiger partial charge in [0, 0.05) is 42.5 Å². The maximum atomic E-state index is 4.04. The molecule has 5 aromatic rings. The average molecular weight is 1370 g/mol. The van der Waals surface area contributed by atoms with Crippen LogP contribution in [0.25, 0.3) is 22.3 Å². The van der Waals surface area contributed by atoms with Gasteiger partial charge in [-0.3, -0.25) is 0 Å². The third-order valence-corrected chi connectivity index (χ3v) is 39.7. The van der Waals surface area contributed by atoms with Crippen LogP contribution in [0.2, 0.25) is 49.9 Å². The summed E-state index contributed by atoms with van der Waals surface area (Å²) in [5.74, 6) is 38.7. The monoisotopic (exact) mass is 1370 g/mol. The highest BCUT2D eigenvalue weighted by molar-refractivity contribution is 14.1. The highest BCUT2D eigenvalue weighted by Crippen LogP contribution is 2.44. The predicted octanol–water partition coefficient (Wildman–Crippen LogP) is 24.3. The topological polar surface area (TPSA) is 0 Å². The molecule has 0 radical (unpaired) electrons. The van der Waals surface area contributed by atoms with E-state index in [-0.39, 0.29) is 21.7 Å². The highest BCUT2D eigenvalue weighted by atomic mass is 127. The van der Waals surface area contributed by atoms with E-state index in [0.717, 1.165) is 53.6 Å². The molecule has 0 fully saturated rings. The molecule has 91 heavy (non-hydrogen) atoms. The summed E-state index contributed by atoms with van der Waals surface area (Å²) >= 11 is 2.44. The van der Waals surface area contributed by atoms with Crippen LogP contribution in [0.4, 0.5) is 0 Å². The van der Waals surface area contributed by atoms with Crippen molar-refractivity contribution in [3.05, 3.63) is 150 Å². The molecule has 0 amide bonds. The highest BCUT2D eigenvalue weighted by Gasteiger charge is 2.44. The number of halogens is 1. The van der Waals surface area contributed by atoms with Gasteiger partial charge in [0.15, 0.2) is 0 Å². The Morgan fingerprint density at radius 3 is 0.736 bits per heavy atom. The first kappa shape index (κ1) is 76.1. The Kier molecular flexibility index (Phi) is 25.3. The van der Waals surface area contributed by atoms with Gasteiger partial charge in [-0.1, -0.05) is 298 Å². The first-order valence-corrected chi connectivity index (χ1v) is 41.8. The minimum Gasteiger partial charge on any atom is -0.125 e. The minimum absolute atomic E-state index is 0.0133. The first-order valence-electron chi connectivity index (χ1n) is 34.0. The molecule has 5 rings (SSSR count). The van der Waals surface area contributed by atoms with E-state index < -0.39 is 24.2 Å². The van der Waals surface area contributed by atoms with Crippen LogP contribution in [0.3, 0.4) is 0 Å². The molecular formula is C87H113ISi3. The summed E-state index contributed by atoms with van der Waals surface area (Å²) in [7, 11) is -6.24. The number of hydrogen-bond acceptors (Lipinski definition) is 0. The lowest BCUT2D eigenvalue weighted by atomic mass is 9.79. The number of hydrogen-bond donors (Lipinski definition) is 0. The van der Waals surface area contributed by atoms with Gasteiger partial charge in [0.25, 0.3) is 0 Å². The molecule has 0 bridgehead atoms. The van der Waals surface area contributed by atoms with Gasteiger partial charge in [0.05, 0.1) is 0 Å². The molecule has 5 aromatic carbocycles. The van der Waals surface area contributed by atoms with E-state index in [1.165, 1.54) is 33.4 Å². The second kappa shape index (κ2) is 30.2. The third kappa shape index (κ3) is 18.0. The van der Waals surface area contributed by atoms with Crippen molar-refractivity contribution >= 4 is 46.8 Å². The first-order chi connectivity index (χ1) is 41.9. The molecule has 480 valence electrons. The SMILES string of the molecule is CC(C)[Si](C#Cc1cc(C#CC#Cc2ccc(-c3cc(C(C)(C)C)cc(C(C)(C)C)c3)cc2C#C[Si](C(C)C)(C(C)C)C(C)C)c(C#CC#Cc2ccc(-c3cc(C(C)(C)C)cc(C(C)(C)C)c3)cc2C#C[Si](C(C)C)(C(C)C)C(C)C)cc1I)(C(C)C)C(C)C. The zero-order valence-corrected chi connectivity index (χ0v) is 67.3. The number of rotatable bonds is 11. The average Bonchev–Trinajstić information content (AvgIpc) is 0.897. The standard InChI is InChI=1S/C87H113ISi3/c1-59(2)89(60(3)4,61(5)6)46-43-74-49-72(77-52-79(84(19,20)21)57-80(53-77)85(22,23)24)41-39-68(74)35-31-33-37-70-51-76(45-48-91(65(13)14,66(15)16)67(17)18)83(88)56-71(70)38-34-32-36-69-40-42-73(50-75(69)44-47-90(62(7)8,63(9)10)64(11)12)78-54-81(86(25,26)27)58-82(55-78)87(28,29)30/h39-42,49-67H,1-30H3. The molecule has 0 nitrogen and oxygen atoms in total. The van der Waals surface area contributed by atoms with Crippen LogP contribution in [-0.2, 0) is 21.7 Å². The second-order valence-electron chi connectivity index (χ2n) is 32.9. The smallest absolute Gasteiger partial charge is 0.125 e. The maximum Gasteiger partial charge on any atom is 0.146 e. The largest absolute Gasteiger partial charge is 0.146 e.